The Labute approximate surface area is 117 Å². The van der Waals surface area contributed by atoms with Gasteiger partial charge in [0.05, 0.1) is 5.71 Å². The number of hydrogen-bond acceptors (Lipinski definition) is 3. The van der Waals surface area contributed by atoms with Gasteiger partial charge in [0.1, 0.15) is 0 Å². The van der Waals surface area contributed by atoms with Crippen LogP contribution in [-0.2, 0) is 10.3 Å². The Morgan fingerprint density at radius 1 is 0.900 bits per heavy atom. The van der Waals surface area contributed by atoms with Gasteiger partial charge in [-0.3, -0.25) is 0 Å². The average molecular weight is 285 g/mol. The van der Waals surface area contributed by atoms with Crippen molar-refractivity contribution in [1.29, 1.82) is 0 Å². The normalized spacial score (nSPS) is 16.3. The van der Waals surface area contributed by atoms with E-state index in [-0.39, 0.29) is 0 Å². The van der Waals surface area contributed by atoms with Crippen molar-refractivity contribution in [2.75, 3.05) is 0 Å². The van der Waals surface area contributed by atoms with E-state index < -0.39 is 10.3 Å². The van der Waals surface area contributed by atoms with Gasteiger partial charge in [0.15, 0.2) is 5.75 Å². The molecule has 1 heterocycles. The van der Waals surface area contributed by atoms with Crippen molar-refractivity contribution in [3.8, 4) is 5.75 Å². The van der Waals surface area contributed by atoms with E-state index in [2.05, 4.69) is 4.40 Å². The Hall–Kier alpha value is -2.40. The van der Waals surface area contributed by atoms with Gasteiger partial charge in [-0.15, -0.1) is 4.40 Å². The molecule has 1 aliphatic heterocycles. The third-order valence-corrected chi connectivity index (χ3v) is 3.61. The molecule has 4 nitrogen and oxygen atoms in total. The molecule has 0 fully saturated rings. The van der Waals surface area contributed by atoms with Crippen LogP contribution >= 0.6 is 0 Å². The fourth-order valence-corrected chi connectivity index (χ4v) is 2.72. The molecular weight excluding hydrogens is 274 g/mol. The Bertz CT molecular complexity index is 793. The van der Waals surface area contributed by atoms with Crippen LogP contribution in [0.3, 0.4) is 0 Å². The number of benzene rings is 2. The first kappa shape index (κ1) is 12.6. The number of nitrogens with zero attached hydrogens (tertiary/aromatic N) is 1. The van der Waals surface area contributed by atoms with Crippen LogP contribution in [0.1, 0.15) is 11.1 Å². The lowest BCUT2D eigenvalue weighted by Gasteiger charge is -2.14. The molecule has 0 spiro atoms. The minimum Gasteiger partial charge on any atom is -0.365 e. The SMILES string of the molecule is O=S1(=O)N=C(C=Cc2ccccc2)c2ccccc2O1. The highest BCUT2D eigenvalue weighted by Crippen LogP contribution is 2.26. The first-order chi connectivity index (χ1) is 9.64. The first-order valence-corrected chi connectivity index (χ1v) is 7.37. The second-order valence-electron chi connectivity index (χ2n) is 4.23. The number of allylic oxidation sites excluding steroid dienone is 1. The molecule has 0 bridgehead atoms. The molecule has 20 heavy (non-hydrogen) atoms. The van der Waals surface area contributed by atoms with Gasteiger partial charge in [-0.2, -0.15) is 8.42 Å². The second kappa shape index (κ2) is 4.94. The van der Waals surface area contributed by atoms with Crippen LogP contribution < -0.4 is 4.18 Å². The maximum atomic E-state index is 11.6. The standard InChI is InChI=1S/C15H11NO3S/c17-20(18)16-14(11-10-12-6-2-1-3-7-12)13-8-4-5-9-15(13)19-20/h1-11H. The third-order valence-electron chi connectivity index (χ3n) is 2.80. The second-order valence-corrected chi connectivity index (χ2v) is 5.43. The summed E-state index contributed by atoms with van der Waals surface area (Å²) in [5, 5.41) is 0. The lowest BCUT2D eigenvalue weighted by Crippen LogP contribution is -2.17. The molecule has 0 saturated heterocycles. The quantitative estimate of drug-likeness (QED) is 0.852. The third kappa shape index (κ3) is 2.62. The molecule has 5 heteroatoms. The Kier molecular flexibility index (Phi) is 3.12. The minimum absolute atomic E-state index is 0.301. The van der Waals surface area contributed by atoms with Crippen molar-refractivity contribution < 1.29 is 12.6 Å². The van der Waals surface area contributed by atoms with Crippen molar-refractivity contribution in [1.82, 2.24) is 0 Å². The van der Waals surface area contributed by atoms with E-state index in [0.717, 1.165) is 5.56 Å². The van der Waals surface area contributed by atoms with Gasteiger partial charge >= 0.3 is 10.3 Å². The molecule has 100 valence electrons. The fourth-order valence-electron chi connectivity index (χ4n) is 1.91. The predicted octanol–water partition coefficient (Wildman–Crippen LogP) is 2.83. The summed E-state index contributed by atoms with van der Waals surface area (Å²) in [5.41, 5.74) is 2.00. The smallest absolute Gasteiger partial charge is 0.365 e. The van der Waals surface area contributed by atoms with Crippen molar-refractivity contribution in [2.24, 2.45) is 4.40 Å². The van der Waals surface area contributed by atoms with Crippen LogP contribution in [0.2, 0.25) is 0 Å². The molecule has 0 atom stereocenters. The molecule has 2 aromatic rings. The van der Waals surface area contributed by atoms with Crippen LogP contribution in [0, 0.1) is 0 Å². The zero-order valence-electron chi connectivity index (χ0n) is 10.4. The van der Waals surface area contributed by atoms with Gasteiger partial charge in [-0.05, 0) is 23.8 Å². The largest absolute Gasteiger partial charge is 0.429 e. The van der Waals surface area contributed by atoms with Crippen LogP contribution in [0.25, 0.3) is 6.08 Å². The van der Waals surface area contributed by atoms with E-state index in [4.69, 9.17) is 4.18 Å². The summed E-state index contributed by atoms with van der Waals surface area (Å²) in [6, 6.07) is 16.5. The summed E-state index contributed by atoms with van der Waals surface area (Å²) in [6.07, 6.45) is 3.49. The molecule has 0 N–H and O–H groups in total. The topological polar surface area (TPSA) is 55.7 Å². The lowest BCUT2D eigenvalue weighted by molar-refractivity contribution is 0.485. The Balaban J connectivity index is 2.03. The molecule has 0 amide bonds. The van der Waals surface area contributed by atoms with E-state index in [1.54, 1.807) is 24.3 Å². The van der Waals surface area contributed by atoms with Gasteiger partial charge in [-0.25, -0.2) is 0 Å². The molecule has 0 aromatic heterocycles. The Morgan fingerprint density at radius 2 is 1.60 bits per heavy atom. The van der Waals surface area contributed by atoms with E-state index in [0.29, 0.717) is 17.0 Å². The van der Waals surface area contributed by atoms with Crippen molar-refractivity contribution in [2.45, 2.75) is 0 Å². The summed E-state index contributed by atoms with van der Waals surface area (Å²) in [5.74, 6) is 0.301. The number of hydrogen-bond donors (Lipinski definition) is 0. The molecule has 0 unspecified atom stereocenters. The number of para-hydroxylation sites is 1. The highest BCUT2D eigenvalue weighted by atomic mass is 32.2. The van der Waals surface area contributed by atoms with Crippen LogP contribution in [0.5, 0.6) is 5.75 Å². The Morgan fingerprint density at radius 3 is 2.40 bits per heavy atom. The summed E-state index contributed by atoms with van der Waals surface area (Å²) < 4.78 is 31.7. The highest BCUT2D eigenvalue weighted by Gasteiger charge is 2.22. The van der Waals surface area contributed by atoms with Gasteiger partial charge < -0.3 is 4.18 Å². The number of fused-ring (bicyclic) bond motifs is 1. The maximum absolute atomic E-state index is 11.6. The zero-order chi connectivity index (χ0) is 14.0. The number of rotatable bonds is 2. The van der Waals surface area contributed by atoms with Gasteiger partial charge in [0, 0.05) is 5.56 Å². The van der Waals surface area contributed by atoms with Gasteiger partial charge in [0.25, 0.3) is 0 Å². The van der Waals surface area contributed by atoms with E-state index in [1.807, 2.05) is 42.5 Å². The van der Waals surface area contributed by atoms with Crippen LogP contribution in [-0.4, -0.2) is 14.1 Å². The molecule has 0 radical (unpaired) electrons. The van der Waals surface area contributed by atoms with E-state index >= 15 is 0 Å². The zero-order valence-corrected chi connectivity index (χ0v) is 11.2. The predicted molar refractivity (Wildman–Crippen MR) is 78.0 cm³/mol. The van der Waals surface area contributed by atoms with E-state index in [1.165, 1.54) is 0 Å². The monoisotopic (exact) mass is 285 g/mol. The summed E-state index contributed by atoms with van der Waals surface area (Å²) >= 11 is 0. The molecule has 3 rings (SSSR count). The summed E-state index contributed by atoms with van der Waals surface area (Å²) in [6.45, 7) is 0. The van der Waals surface area contributed by atoms with Crippen molar-refractivity contribution >= 4 is 22.1 Å². The average Bonchev–Trinajstić information content (AvgIpc) is 2.45. The van der Waals surface area contributed by atoms with Crippen molar-refractivity contribution in [3.05, 3.63) is 71.8 Å². The van der Waals surface area contributed by atoms with Crippen molar-refractivity contribution in [3.63, 3.8) is 0 Å². The highest BCUT2D eigenvalue weighted by molar-refractivity contribution is 7.86. The van der Waals surface area contributed by atoms with E-state index in [9.17, 15) is 8.42 Å². The first-order valence-electron chi connectivity index (χ1n) is 6.01. The van der Waals surface area contributed by atoms with Gasteiger partial charge in [-0.1, -0.05) is 48.5 Å². The molecule has 0 aliphatic carbocycles. The summed E-state index contributed by atoms with van der Waals surface area (Å²) in [4.78, 5) is 0. The molecule has 1 aliphatic rings. The maximum Gasteiger partial charge on any atom is 0.429 e. The molecule has 2 aromatic carbocycles. The lowest BCUT2D eigenvalue weighted by atomic mass is 10.1. The minimum atomic E-state index is -3.91. The van der Waals surface area contributed by atoms with Crippen LogP contribution in [0.15, 0.2) is 65.1 Å². The van der Waals surface area contributed by atoms with Gasteiger partial charge in [0.2, 0.25) is 0 Å². The molecular formula is C15H11NO3S. The van der Waals surface area contributed by atoms with Crippen LogP contribution in [0.4, 0.5) is 0 Å². The molecule has 0 saturated carbocycles. The summed E-state index contributed by atoms with van der Waals surface area (Å²) in [7, 11) is -3.91. The fraction of sp³-hybridized carbons (Fsp3) is 0.